The number of carbonyl (C=O) groups excluding carboxylic acids is 3. The highest BCUT2D eigenvalue weighted by Gasteiger charge is 2.45. The van der Waals surface area contributed by atoms with Crippen molar-refractivity contribution in [2.75, 3.05) is 6.54 Å². The summed E-state index contributed by atoms with van der Waals surface area (Å²) in [6.45, 7) is 3.30. The maximum Gasteiger partial charge on any atom is 0.420 e. The number of urea groups is 1. The predicted octanol–water partition coefficient (Wildman–Crippen LogP) is 0.794. The fourth-order valence-electron chi connectivity index (χ4n) is 2.60. The monoisotopic (exact) mass is 317 g/mol. The Morgan fingerprint density at radius 2 is 1.70 bits per heavy atom. The molecule has 0 saturated carbocycles. The number of carbonyl (C=O) groups is 3. The molecule has 1 saturated heterocycles. The minimum Gasteiger partial charge on any atom is -0.408 e. The van der Waals surface area contributed by atoms with Gasteiger partial charge in [0, 0.05) is 19.1 Å². The zero-order valence-corrected chi connectivity index (χ0v) is 12.7. The van der Waals surface area contributed by atoms with E-state index in [9.17, 15) is 19.2 Å². The van der Waals surface area contributed by atoms with E-state index in [4.69, 9.17) is 4.42 Å². The molecule has 1 aliphatic rings. The highest BCUT2D eigenvalue weighted by atomic mass is 16.4. The van der Waals surface area contributed by atoms with Gasteiger partial charge in [-0.2, -0.15) is 0 Å². The minimum atomic E-state index is -0.871. The summed E-state index contributed by atoms with van der Waals surface area (Å²) in [6.07, 6.45) is 0. The Balaban J connectivity index is 1.84. The van der Waals surface area contributed by atoms with Crippen molar-refractivity contribution in [2.24, 2.45) is 0 Å². The summed E-state index contributed by atoms with van der Waals surface area (Å²) >= 11 is 0. The second kappa shape index (κ2) is 5.38. The summed E-state index contributed by atoms with van der Waals surface area (Å²) in [6, 6.07) is 5.80. The molecule has 0 N–H and O–H groups in total. The third kappa shape index (κ3) is 2.32. The molecule has 1 aromatic heterocycles. The van der Waals surface area contributed by atoms with Crippen molar-refractivity contribution in [3.8, 4) is 0 Å². The standard InChI is InChI=1S/C15H15N3O5/c1-9(2)18-13(20)12(19)17(14(18)21)8-7-16-10-5-3-4-6-11(10)23-15(16)22/h3-6,9H,7-8H2,1-2H3. The normalized spacial score (nSPS) is 15.5. The van der Waals surface area contributed by atoms with Crippen molar-refractivity contribution in [3.63, 3.8) is 0 Å². The van der Waals surface area contributed by atoms with Crippen LogP contribution in [0.5, 0.6) is 0 Å². The summed E-state index contributed by atoms with van der Waals surface area (Å²) in [5.41, 5.74) is 1.00. The maximum atomic E-state index is 12.2. The van der Waals surface area contributed by atoms with Crippen LogP contribution in [-0.4, -0.2) is 44.8 Å². The fraction of sp³-hybridized carbons (Fsp3) is 0.333. The average molecular weight is 317 g/mol. The maximum absolute atomic E-state index is 12.2. The van der Waals surface area contributed by atoms with Crippen LogP contribution in [0, 0.1) is 0 Å². The van der Waals surface area contributed by atoms with Gasteiger partial charge >= 0.3 is 23.6 Å². The molecule has 3 rings (SSSR count). The zero-order valence-electron chi connectivity index (χ0n) is 12.7. The van der Waals surface area contributed by atoms with Crippen molar-refractivity contribution in [3.05, 3.63) is 34.8 Å². The van der Waals surface area contributed by atoms with E-state index in [0.717, 1.165) is 9.80 Å². The molecule has 0 aliphatic carbocycles. The molecule has 23 heavy (non-hydrogen) atoms. The van der Waals surface area contributed by atoms with Crippen molar-refractivity contribution in [1.82, 2.24) is 14.4 Å². The Labute approximate surface area is 130 Å². The number of rotatable bonds is 4. The van der Waals surface area contributed by atoms with Crippen molar-refractivity contribution in [2.45, 2.75) is 26.4 Å². The highest BCUT2D eigenvalue weighted by Crippen LogP contribution is 2.16. The number of nitrogens with zero attached hydrogens (tertiary/aromatic N) is 3. The van der Waals surface area contributed by atoms with Crippen LogP contribution in [0.3, 0.4) is 0 Å². The van der Waals surface area contributed by atoms with Gasteiger partial charge in [0.1, 0.15) is 0 Å². The Bertz CT molecular complexity index is 863. The van der Waals surface area contributed by atoms with E-state index in [2.05, 4.69) is 0 Å². The summed E-state index contributed by atoms with van der Waals surface area (Å²) in [4.78, 5) is 49.6. The number of imide groups is 2. The molecule has 8 nitrogen and oxygen atoms in total. The molecule has 1 aliphatic heterocycles. The number of amides is 4. The van der Waals surface area contributed by atoms with Gasteiger partial charge in [0.2, 0.25) is 0 Å². The topological polar surface area (TPSA) is 92.8 Å². The van der Waals surface area contributed by atoms with E-state index in [1.165, 1.54) is 4.57 Å². The molecular formula is C15H15N3O5. The average Bonchev–Trinajstić information content (AvgIpc) is 2.92. The van der Waals surface area contributed by atoms with Crippen LogP contribution in [-0.2, 0) is 16.1 Å². The van der Waals surface area contributed by atoms with Gasteiger partial charge in [-0.25, -0.2) is 9.59 Å². The fourth-order valence-corrected chi connectivity index (χ4v) is 2.60. The Hall–Kier alpha value is -2.90. The van der Waals surface area contributed by atoms with Crippen LogP contribution in [0.15, 0.2) is 33.5 Å². The molecule has 8 heteroatoms. The lowest BCUT2D eigenvalue weighted by molar-refractivity contribution is -0.143. The second-order valence-electron chi connectivity index (χ2n) is 5.50. The predicted molar refractivity (Wildman–Crippen MR) is 79.6 cm³/mol. The summed E-state index contributed by atoms with van der Waals surface area (Å²) in [7, 11) is 0. The molecule has 4 amide bonds. The first-order valence-electron chi connectivity index (χ1n) is 7.19. The largest absolute Gasteiger partial charge is 0.420 e. The number of oxazole rings is 1. The number of hydrogen-bond donors (Lipinski definition) is 0. The van der Waals surface area contributed by atoms with Crippen LogP contribution in [0.25, 0.3) is 11.1 Å². The molecule has 0 unspecified atom stereocenters. The molecular weight excluding hydrogens is 302 g/mol. The molecule has 2 heterocycles. The molecule has 1 aromatic carbocycles. The first kappa shape index (κ1) is 15.0. The SMILES string of the molecule is CC(C)N1C(=O)C(=O)N(CCn2c(=O)oc3ccccc32)C1=O. The number of benzene rings is 1. The molecule has 0 atom stereocenters. The summed E-state index contributed by atoms with van der Waals surface area (Å²) < 4.78 is 6.42. The van der Waals surface area contributed by atoms with Gasteiger partial charge in [-0.1, -0.05) is 12.1 Å². The molecule has 2 aromatic rings. The Morgan fingerprint density at radius 3 is 2.35 bits per heavy atom. The van der Waals surface area contributed by atoms with Gasteiger partial charge in [-0.15, -0.1) is 0 Å². The molecule has 0 radical (unpaired) electrons. The highest BCUT2D eigenvalue weighted by molar-refractivity contribution is 6.44. The van der Waals surface area contributed by atoms with E-state index in [-0.39, 0.29) is 13.1 Å². The van der Waals surface area contributed by atoms with Crippen molar-refractivity contribution in [1.29, 1.82) is 0 Å². The lowest BCUT2D eigenvalue weighted by Gasteiger charge is -2.18. The van der Waals surface area contributed by atoms with Crippen LogP contribution in [0.2, 0.25) is 0 Å². The van der Waals surface area contributed by atoms with E-state index >= 15 is 0 Å². The van der Waals surface area contributed by atoms with Gasteiger partial charge in [-0.05, 0) is 26.0 Å². The summed E-state index contributed by atoms with van der Waals surface area (Å²) in [5, 5.41) is 0. The summed E-state index contributed by atoms with van der Waals surface area (Å²) in [5.74, 6) is -2.28. The second-order valence-corrected chi connectivity index (χ2v) is 5.50. The smallest absolute Gasteiger partial charge is 0.408 e. The van der Waals surface area contributed by atoms with Crippen LogP contribution < -0.4 is 5.76 Å². The zero-order chi connectivity index (χ0) is 16.7. The van der Waals surface area contributed by atoms with Crippen molar-refractivity contribution >= 4 is 28.9 Å². The van der Waals surface area contributed by atoms with E-state index in [1.807, 2.05) is 0 Å². The van der Waals surface area contributed by atoms with Gasteiger partial charge in [-0.3, -0.25) is 24.0 Å². The number of hydrogen-bond acceptors (Lipinski definition) is 5. The Morgan fingerprint density at radius 1 is 1.00 bits per heavy atom. The number of para-hydroxylation sites is 2. The van der Waals surface area contributed by atoms with Gasteiger partial charge < -0.3 is 4.42 Å². The van der Waals surface area contributed by atoms with E-state index in [0.29, 0.717) is 11.1 Å². The molecule has 1 fully saturated rings. The van der Waals surface area contributed by atoms with Gasteiger partial charge in [0.05, 0.1) is 5.52 Å². The molecule has 120 valence electrons. The van der Waals surface area contributed by atoms with E-state index < -0.39 is 29.6 Å². The van der Waals surface area contributed by atoms with Crippen LogP contribution in [0.1, 0.15) is 13.8 Å². The first-order valence-corrected chi connectivity index (χ1v) is 7.19. The molecule has 0 bridgehead atoms. The molecule has 0 spiro atoms. The van der Waals surface area contributed by atoms with Gasteiger partial charge in [0.25, 0.3) is 0 Å². The van der Waals surface area contributed by atoms with Gasteiger partial charge in [0.15, 0.2) is 5.58 Å². The first-order chi connectivity index (χ1) is 10.9. The van der Waals surface area contributed by atoms with Crippen LogP contribution in [0.4, 0.5) is 4.79 Å². The third-order valence-corrected chi connectivity index (χ3v) is 3.72. The Kier molecular flexibility index (Phi) is 3.51. The van der Waals surface area contributed by atoms with Crippen molar-refractivity contribution < 1.29 is 18.8 Å². The number of aromatic nitrogens is 1. The lowest BCUT2D eigenvalue weighted by atomic mass is 10.3. The van der Waals surface area contributed by atoms with Crippen LogP contribution >= 0.6 is 0 Å². The minimum absolute atomic E-state index is 0.0620. The third-order valence-electron chi connectivity index (χ3n) is 3.72. The number of fused-ring (bicyclic) bond motifs is 1. The lowest BCUT2D eigenvalue weighted by Crippen LogP contribution is -2.39. The quantitative estimate of drug-likeness (QED) is 0.614. The van der Waals surface area contributed by atoms with E-state index in [1.54, 1.807) is 38.1 Å².